The average molecular weight is 423 g/mol. The minimum Gasteiger partial charge on any atom is -0.367 e. The third kappa shape index (κ3) is 6.47. The average Bonchev–Trinajstić information content (AvgIpc) is 2.74. The Morgan fingerprint density at radius 1 is 1.07 bits per heavy atom. The molecular formula is C24H30N4OS. The quantitative estimate of drug-likeness (QED) is 0.413. The molecule has 0 fully saturated rings. The Morgan fingerprint density at radius 3 is 2.50 bits per heavy atom. The lowest BCUT2D eigenvalue weighted by Gasteiger charge is -2.16. The molecule has 0 amide bonds. The highest BCUT2D eigenvalue weighted by molar-refractivity contribution is 7.97. The van der Waals surface area contributed by atoms with Gasteiger partial charge in [-0.05, 0) is 75.4 Å². The summed E-state index contributed by atoms with van der Waals surface area (Å²) >= 11 is 1.58. The van der Waals surface area contributed by atoms with Crippen molar-refractivity contribution in [2.75, 3.05) is 12.4 Å². The zero-order valence-corrected chi connectivity index (χ0v) is 18.7. The molecule has 0 saturated heterocycles. The van der Waals surface area contributed by atoms with Crippen molar-refractivity contribution in [3.05, 3.63) is 87.5 Å². The molecule has 0 spiro atoms. The second-order valence-corrected chi connectivity index (χ2v) is 8.62. The van der Waals surface area contributed by atoms with E-state index in [-0.39, 0.29) is 11.6 Å². The summed E-state index contributed by atoms with van der Waals surface area (Å²) in [6, 6.07) is 19.0. The van der Waals surface area contributed by atoms with Crippen molar-refractivity contribution < 1.29 is 0 Å². The maximum absolute atomic E-state index is 12.4. The molecule has 0 aliphatic rings. The molecule has 1 heterocycles. The lowest BCUT2D eigenvalue weighted by atomic mass is 10.1. The van der Waals surface area contributed by atoms with Crippen LogP contribution in [-0.4, -0.2) is 23.1 Å². The Hall–Kier alpha value is -2.57. The van der Waals surface area contributed by atoms with Crippen molar-refractivity contribution in [3.8, 4) is 0 Å². The molecule has 1 unspecified atom stereocenters. The Labute approximate surface area is 182 Å². The fraction of sp³-hybridized carbons (Fsp3) is 0.333. The number of aromatic nitrogens is 2. The van der Waals surface area contributed by atoms with Crippen molar-refractivity contribution >= 4 is 17.8 Å². The first kappa shape index (κ1) is 22.1. The summed E-state index contributed by atoms with van der Waals surface area (Å²) in [6.45, 7) is 3.96. The number of nitrogens with one attached hydrogen (secondary N) is 3. The number of rotatable bonds is 10. The molecule has 3 N–H and O–H groups in total. The van der Waals surface area contributed by atoms with Crippen LogP contribution in [0.1, 0.15) is 42.3 Å². The molecule has 3 aromatic rings. The second-order valence-electron chi connectivity index (χ2n) is 7.54. The fourth-order valence-electron chi connectivity index (χ4n) is 3.35. The molecule has 0 bridgehead atoms. The normalized spacial score (nSPS) is 12.0. The van der Waals surface area contributed by atoms with Crippen LogP contribution in [0.5, 0.6) is 0 Å². The lowest BCUT2D eigenvalue weighted by molar-refractivity contribution is 0.651. The predicted octanol–water partition coefficient (Wildman–Crippen LogP) is 4.72. The standard InChI is InChI=1S/C24H30N4OS/c1-17(8-7-11-19-9-5-4-6-10-19)26-23-18(2)24(29)28-22(27-23)16-20-12-14-21(15-13-20)30-25-3/h4-6,9-10,12-15,17,25H,7-8,11,16H2,1-3H3,(H2,26,27,28,29). The molecule has 1 aromatic heterocycles. The maximum atomic E-state index is 12.4. The van der Waals surface area contributed by atoms with Crippen molar-refractivity contribution in [2.45, 2.75) is 50.5 Å². The van der Waals surface area contributed by atoms with Crippen molar-refractivity contribution in [3.63, 3.8) is 0 Å². The van der Waals surface area contributed by atoms with E-state index in [4.69, 9.17) is 4.98 Å². The van der Waals surface area contributed by atoms with E-state index in [1.807, 2.05) is 20.0 Å². The summed E-state index contributed by atoms with van der Waals surface area (Å²) in [5.74, 6) is 1.36. The van der Waals surface area contributed by atoms with Crippen LogP contribution in [0.25, 0.3) is 0 Å². The van der Waals surface area contributed by atoms with Gasteiger partial charge in [0, 0.05) is 17.4 Å². The Kier molecular flexibility index (Phi) is 8.11. The number of aromatic amines is 1. The molecule has 2 aromatic carbocycles. The first-order valence-electron chi connectivity index (χ1n) is 10.4. The third-order valence-corrected chi connectivity index (χ3v) is 5.76. The number of nitrogens with zero attached hydrogens (tertiary/aromatic N) is 1. The topological polar surface area (TPSA) is 69.8 Å². The van der Waals surface area contributed by atoms with E-state index in [0.29, 0.717) is 23.6 Å². The smallest absolute Gasteiger partial charge is 0.255 e. The summed E-state index contributed by atoms with van der Waals surface area (Å²) in [4.78, 5) is 21.2. The van der Waals surface area contributed by atoms with Gasteiger partial charge in [-0.3, -0.25) is 9.52 Å². The Bertz CT molecular complexity index is 986. The maximum Gasteiger partial charge on any atom is 0.255 e. The van der Waals surface area contributed by atoms with Crippen LogP contribution in [0.2, 0.25) is 0 Å². The van der Waals surface area contributed by atoms with Crippen LogP contribution < -0.4 is 15.6 Å². The fourth-order valence-corrected chi connectivity index (χ4v) is 3.86. The minimum absolute atomic E-state index is 0.0821. The minimum atomic E-state index is -0.0821. The van der Waals surface area contributed by atoms with Crippen molar-refractivity contribution in [1.82, 2.24) is 14.7 Å². The zero-order chi connectivity index (χ0) is 21.3. The molecule has 1 atom stereocenters. The molecular weight excluding hydrogens is 392 g/mol. The van der Waals surface area contributed by atoms with Crippen LogP contribution >= 0.6 is 11.9 Å². The van der Waals surface area contributed by atoms with Gasteiger partial charge >= 0.3 is 0 Å². The van der Waals surface area contributed by atoms with Crippen LogP contribution in [0.15, 0.2) is 64.3 Å². The SMILES string of the molecule is CNSc1ccc(Cc2nc(NC(C)CCCc3ccccc3)c(C)c(=O)[nH]2)cc1. The number of aryl methyl sites for hydroxylation is 1. The summed E-state index contributed by atoms with van der Waals surface area (Å²) < 4.78 is 3.06. The highest BCUT2D eigenvalue weighted by Gasteiger charge is 2.11. The molecule has 30 heavy (non-hydrogen) atoms. The zero-order valence-electron chi connectivity index (χ0n) is 17.9. The number of anilines is 1. The van der Waals surface area contributed by atoms with Gasteiger partial charge in [-0.1, -0.05) is 42.5 Å². The van der Waals surface area contributed by atoms with Gasteiger partial charge < -0.3 is 10.3 Å². The highest BCUT2D eigenvalue weighted by Crippen LogP contribution is 2.17. The second kappa shape index (κ2) is 11.0. The van der Waals surface area contributed by atoms with Crippen LogP contribution in [0, 0.1) is 6.92 Å². The molecule has 3 rings (SSSR count). The van der Waals surface area contributed by atoms with Crippen LogP contribution in [0.4, 0.5) is 5.82 Å². The van der Waals surface area contributed by atoms with Crippen LogP contribution in [0.3, 0.4) is 0 Å². The van der Waals surface area contributed by atoms with E-state index in [2.05, 4.69) is 70.5 Å². The van der Waals surface area contributed by atoms with E-state index in [9.17, 15) is 4.79 Å². The Balaban J connectivity index is 1.61. The molecule has 158 valence electrons. The third-order valence-electron chi connectivity index (χ3n) is 5.04. The summed E-state index contributed by atoms with van der Waals surface area (Å²) in [7, 11) is 1.90. The molecule has 0 aliphatic carbocycles. The lowest BCUT2D eigenvalue weighted by Crippen LogP contribution is -2.23. The molecule has 6 heteroatoms. The first-order valence-corrected chi connectivity index (χ1v) is 11.2. The number of hydrogen-bond donors (Lipinski definition) is 3. The van der Waals surface area contributed by atoms with E-state index >= 15 is 0 Å². The monoisotopic (exact) mass is 422 g/mol. The van der Waals surface area contributed by atoms with Crippen molar-refractivity contribution in [2.24, 2.45) is 0 Å². The number of hydrogen-bond acceptors (Lipinski definition) is 5. The summed E-state index contributed by atoms with van der Waals surface area (Å²) in [5.41, 5.74) is 3.02. The largest absolute Gasteiger partial charge is 0.367 e. The number of H-pyrrole nitrogens is 1. The van der Waals surface area contributed by atoms with Gasteiger partial charge in [0.05, 0.1) is 5.56 Å². The first-order chi connectivity index (χ1) is 14.5. The summed E-state index contributed by atoms with van der Waals surface area (Å²) in [5, 5.41) is 3.45. The number of benzene rings is 2. The van der Waals surface area contributed by atoms with Gasteiger partial charge in [-0.25, -0.2) is 4.98 Å². The van der Waals surface area contributed by atoms with Gasteiger partial charge in [0.15, 0.2) is 0 Å². The Morgan fingerprint density at radius 2 is 1.80 bits per heavy atom. The van der Waals surface area contributed by atoms with E-state index < -0.39 is 0 Å². The molecule has 0 saturated carbocycles. The molecule has 0 radical (unpaired) electrons. The van der Waals surface area contributed by atoms with Gasteiger partial charge in [0.2, 0.25) is 0 Å². The van der Waals surface area contributed by atoms with Gasteiger partial charge in [-0.15, -0.1) is 0 Å². The van der Waals surface area contributed by atoms with Gasteiger partial charge in [0.1, 0.15) is 11.6 Å². The summed E-state index contributed by atoms with van der Waals surface area (Å²) in [6.07, 6.45) is 3.76. The van der Waals surface area contributed by atoms with E-state index in [0.717, 1.165) is 29.7 Å². The van der Waals surface area contributed by atoms with E-state index in [1.165, 1.54) is 5.56 Å². The predicted molar refractivity (Wildman–Crippen MR) is 126 cm³/mol. The highest BCUT2D eigenvalue weighted by atomic mass is 32.2. The molecule has 5 nitrogen and oxygen atoms in total. The van der Waals surface area contributed by atoms with E-state index in [1.54, 1.807) is 11.9 Å². The molecule has 0 aliphatic heterocycles. The van der Waals surface area contributed by atoms with Crippen molar-refractivity contribution in [1.29, 1.82) is 0 Å². The van der Waals surface area contributed by atoms with Gasteiger partial charge in [-0.2, -0.15) is 0 Å². The van der Waals surface area contributed by atoms with Crippen LogP contribution in [-0.2, 0) is 12.8 Å². The van der Waals surface area contributed by atoms with Gasteiger partial charge in [0.25, 0.3) is 5.56 Å².